The molecule has 0 atom stereocenters. The second-order valence-corrected chi connectivity index (χ2v) is 8.77. The van der Waals surface area contributed by atoms with Gasteiger partial charge in [-0.25, -0.2) is 9.97 Å². The van der Waals surface area contributed by atoms with Gasteiger partial charge in [-0.1, -0.05) is 42.5 Å². The van der Waals surface area contributed by atoms with Crippen LogP contribution < -0.4 is 5.32 Å². The van der Waals surface area contributed by atoms with Crippen molar-refractivity contribution < 1.29 is 0 Å². The molecular formula is C25H31N5. The number of para-hydroxylation sites is 1. The van der Waals surface area contributed by atoms with Crippen molar-refractivity contribution in [3.8, 4) is 11.4 Å². The van der Waals surface area contributed by atoms with Gasteiger partial charge in [-0.3, -0.25) is 0 Å². The summed E-state index contributed by atoms with van der Waals surface area (Å²) in [6, 6.07) is 19.8. The van der Waals surface area contributed by atoms with Crippen molar-refractivity contribution in [2.45, 2.75) is 37.8 Å². The second-order valence-electron chi connectivity index (χ2n) is 8.77. The van der Waals surface area contributed by atoms with E-state index in [9.17, 15) is 0 Å². The lowest BCUT2D eigenvalue weighted by Gasteiger charge is -2.41. The predicted molar refractivity (Wildman–Crippen MR) is 124 cm³/mol. The van der Waals surface area contributed by atoms with Gasteiger partial charge in [0, 0.05) is 36.1 Å². The maximum absolute atomic E-state index is 4.94. The number of aromatic nitrogens is 2. The molecule has 1 aromatic heterocycles. The molecule has 2 aliphatic heterocycles. The Kier molecular flexibility index (Phi) is 5.65. The van der Waals surface area contributed by atoms with Gasteiger partial charge >= 0.3 is 0 Å². The lowest BCUT2D eigenvalue weighted by molar-refractivity contribution is 0.0994. The van der Waals surface area contributed by atoms with Gasteiger partial charge in [0.25, 0.3) is 0 Å². The number of hydrogen-bond acceptors (Lipinski definition) is 5. The second kappa shape index (κ2) is 8.70. The lowest BCUT2D eigenvalue weighted by atomic mass is 9.98. The highest BCUT2D eigenvalue weighted by molar-refractivity contribution is 5.90. The van der Waals surface area contributed by atoms with Crippen molar-refractivity contribution in [3.05, 3.63) is 54.6 Å². The van der Waals surface area contributed by atoms with Gasteiger partial charge in [0.1, 0.15) is 5.82 Å². The molecule has 2 fully saturated rings. The zero-order chi connectivity index (χ0) is 20.3. The first-order valence-electron chi connectivity index (χ1n) is 11.3. The van der Waals surface area contributed by atoms with E-state index < -0.39 is 0 Å². The average molecular weight is 402 g/mol. The Hall–Kier alpha value is -2.50. The molecule has 2 aliphatic rings. The van der Waals surface area contributed by atoms with Crippen molar-refractivity contribution in [1.82, 2.24) is 19.8 Å². The first-order chi connectivity index (χ1) is 14.8. The van der Waals surface area contributed by atoms with Crippen LogP contribution in [0.3, 0.4) is 0 Å². The van der Waals surface area contributed by atoms with E-state index in [4.69, 9.17) is 9.97 Å². The Labute approximate surface area is 179 Å². The first kappa shape index (κ1) is 19.5. The van der Waals surface area contributed by atoms with Crippen LogP contribution in [0.15, 0.2) is 54.6 Å². The minimum Gasteiger partial charge on any atom is -0.367 e. The van der Waals surface area contributed by atoms with Crippen LogP contribution in [-0.4, -0.2) is 65.1 Å². The van der Waals surface area contributed by atoms with Gasteiger partial charge in [-0.2, -0.15) is 0 Å². The Balaban J connectivity index is 1.32. The van der Waals surface area contributed by atoms with Gasteiger partial charge in [-0.15, -0.1) is 0 Å². The standard InChI is InChI=1S/C25H31N5/c1-29-15-13-21(14-16-29)30-17-11-20(12-18-30)26-25-22-9-5-6-10-23(22)27-24(28-25)19-7-3-2-4-8-19/h2-10,20-21H,11-18H2,1H3,(H,26,27,28). The molecule has 1 N–H and O–H groups in total. The molecule has 0 spiro atoms. The van der Waals surface area contributed by atoms with E-state index in [0.29, 0.717) is 6.04 Å². The number of benzene rings is 2. The lowest BCUT2D eigenvalue weighted by Crippen LogP contribution is -2.48. The van der Waals surface area contributed by atoms with Gasteiger partial charge < -0.3 is 15.1 Å². The third-order valence-electron chi connectivity index (χ3n) is 6.71. The molecule has 5 rings (SSSR count). The Morgan fingerprint density at radius 2 is 1.50 bits per heavy atom. The number of anilines is 1. The molecule has 0 amide bonds. The van der Waals surface area contributed by atoms with Gasteiger partial charge in [0.15, 0.2) is 5.82 Å². The fraction of sp³-hybridized carbons (Fsp3) is 0.440. The molecule has 0 unspecified atom stereocenters. The van der Waals surface area contributed by atoms with Crippen LogP contribution >= 0.6 is 0 Å². The number of piperidine rings is 2. The number of likely N-dealkylation sites (tertiary alicyclic amines) is 2. The van der Waals surface area contributed by atoms with Crippen LogP contribution in [0.25, 0.3) is 22.3 Å². The van der Waals surface area contributed by atoms with Crippen molar-refractivity contribution >= 4 is 16.7 Å². The minimum atomic E-state index is 0.467. The van der Waals surface area contributed by atoms with Gasteiger partial charge in [-0.05, 0) is 58.0 Å². The summed E-state index contributed by atoms with van der Waals surface area (Å²) < 4.78 is 0. The van der Waals surface area contributed by atoms with Crippen LogP contribution in [0.4, 0.5) is 5.82 Å². The van der Waals surface area contributed by atoms with Crippen LogP contribution in [0, 0.1) is 0 Å². The summed E-state index contributed by atoms with van der Waals surface area (Å²) >= 11 is 0. The van der Waals surface area contributed by atoms with Gasteiger partial charge in [0.2, 0.25) is 0 Å². The summed E-state index contributed by atoms with van der Waals surface area (Å²) in [5.41, 5.74) is 2.06. The largest absolute Gasteiger partial charge is 0.367 e. The number of rotatable bonds is 4. The molecular weight excluding hydrogens is 370 g/mol. The van der Waals surface area contributed by atoms with E-state index in [-0.39, 0.29) is 0 Å². The minimum absolute atomic E-state index is 0.467. The fourth-order valence-corrected chi connectivity index (χ4v) is 4.87. The molecule has 2 aromatic carbocycles. The Morgan fingerprint density at radius 1 is 0.800 bits per heavy atom. The summed E-state index contributed by atoms with van der Waals surface area (Å²) in [6.07, 6.45) is 4.97. The van der Waals surface area contributed by atoms with E-state index in [1.807, 2.05) is 24.3 Å². The molecule has 3 heterocycles. The molecule has 3 aromatic rings. The predicted octanol–water partition coefficient (Wildman–Crippen LogP) is 4.27. The average Bonchev–Trinajstić information content (AvgIpc) is 2.81. The van der Waals surface area contributed by atoms with E-state index in [2.05, 4.69) is 52.5 Å². The summed E-state index contributed by atoms with van der Waals surface area (Å²) in [5, 5.41) is 4.88. The molecule has 2 saturated heterocycles. The molecule has 5 heteroatoms. The summed E-state index contributed by atoms with van der Waals surface area (Å²) in [4.78, 5) is 14.9. The summed E-state index contributed by atoms with van der Waals surface area (Å²) in [7, 11) is 2.24. The fourth-order valence-electron chi connectivity index (χ4n) is 4.87. The van der Waals surface area contributed by atoms with Crippen molar-refractivity contribution in [2.24, 2.45) is 0 Å². The van der Waals surface area contributed by atoms with E-state index in [1.165, 1.54) is 51.9 Å². The monoisotopic (exact) mass is 401 g/mol. The van der Waals surface area contributed by atoms with E-state index in [1.54, 1.807) is 0 Å². The first-order valence-corrected chi connectivity index (χ1v) is 11.3. The quantitative estimate of drug-likeness (QED) is 0.707. The molecule has 30 heavy (non-hydrogen) atoms. The molecule has 0 saturated carbocycles. The highest BCUT2D eigenvalue weighted by atomic mass is 15.2. The highest BCUT2D eigenvalue weighted by Crippen LogP contribution is 2.27. The van der Waals surface area contributed by atoms with Crippen LogP contribution in [-0.2, 0) is 0 Å². The van der Waals surface area contributed by atoms with Crippen molar-refractivity contribution in [2.75, 3.05) is 38.5 Å². The molecule has 0 radical (unpaired) electrons. The third-order valence-corrected chi connectivity index (χ3v) is 6.71. The molecule has 156 valence electrons. The number of fused-ring (bicyclic) bond motifs is 1. The van der Waals surface area contributed by atoms with Crippen LogP contribution in [0.2, 0.25) is 0 Å². The SMILES string of the molecule is CN1CCC(N2CCC(Nc3nc(-c4ccccc4)nc4ccccc34)CC2)CC1. The summed E-state index contributed by atoms with van der Waals surface area (Å²) in [6.45, 7) is 4.83. The molecule has 0 aliphatic carbocycles. The summed E-state index contributed by atoms with van der Waals surface area (Å²) in [5.74, 6) is 1.76. The van der Waals surface area contributed by atoms with Crippen molar-refractivity contribution in [3.63, 3.8) is 0 Å². The van der Waals surface area contributed by atoms with Gasteiger partial charge in [0.05, 0.1) is 5.52 Å². The Morgan fingerprint density at radius 3 is 2.27 bits per heavy atom. The van der Waals surface area contributed by atoms with Crippen LogP contribution in [0.5, 0.6) is 0 Å². The Bertz CT molecular complexity index is 973. The highest BCUT2D eigenvalue weighted by Gasteiger charge is 2.27. The molecule has 0 bridgehead atoms. The zero-order valence-corrected chi connectivity index (χ0v) is 17.8. The number of hydrogen-bond donors (Lipinski definition) is 1. The third kappa shape index (κ3) is 4.18. The number of nitrogens with zero attached hydrogens (tertiary/aromatic N) is 4. The molecule has 5 nitrogen and oxygen atoms in total. The maximum Gasteiger partial charge on any atom is 0.162 e. The van der Waals surface area contributed by atoms with E-state index in [0.717, 1.165) is 34.2 Å². The number of nitrogens with one attached hydrogen (secondary N) is 1. The normalized spacial score (nSPS) is 19.9. The smallest absolute Gasteiger partial charge is 0.162 e. The maximum atomic E-state index is 4.94. The van der Waals surface area contributed by atoms with Crippen LogP contribution in [0.1, 0.15) is 25.7 Å². The zero-order valence-electron chi connectivity index (χ0n) is 17.8. The van der Waals surface area contributed by atoms with Crippen molar-refractivity contribution in [1.29, 1.82) is 0 Å². The van der Waals surface area contributed by atoms with E-state index >= 15 is 0 Å². The topological polar surface area (TPSA) is 44.3 Å².